The van der Waals surface area contributed by atoms with Crippen LogP contribution in [-0.4, -0.2) is 22.5 Å². The van der Waals surface area contributed by atoms with Crippen LogP contribution in [0.5, 0.6) is 0 Å². The quantitative estimate of drug-likeness (QED) is 0.822. The van der Waals surface area contributed by atoms with Crippen molar-refractivity contribution in [3.63, 3.8) is 0 Å². The van der Waals surface area contributed by atoms with Crippen molar-refractivity contribution in [2.75, 3.05) is 6.54 Å². The first-order valence-corrected chi connectivity index (χ1v) is 7.49. The number of hydrogen-bond donors (Lipinski definition) is 0. The van der Waals surface area contributed by atoms with E-state index in [4.69, 9.17) is 4.52 Å². The van der Waals surface area contributed by atoms with E-state index in [2.05, 4.69) is 10.1 Å². The average molecular weight is 262 g/mol. The Kier molecular flexibility index (Phi) is 3.58. The van der Waals surface area contributed by atoms with Gasteiger partial charge in [0.05, 0.1) is 6.04 Å². The number of amides is 1. The lowest BCUT2D eigenvalue weighted by molar-refractivity contribution is -0.139. The van der Waals surface area contributed by atoms with Crippen LogP contribution < -0.4 is 0 Å². The van der Waals surface area contributed by atoms with Gasteiger partial charge in [-0.15, -0.1) is 0 Å². The topological polar surface area (TPSA) is 46.3 Å². The van der Waals surface area contributed by atoms with Gasteiger partial charge in [-0.1, -0.05) is 18.0 Å². The Labute approximate surface area is 114 Å². The van der Waals surface area contributed by atoms with Crippen molar-refractivity contribution in [1.82, 2.24) is 10.1 Å². The molecule has 1 aromatic heterocycles. The number of likely N-dealkylation sites (tertiary alicyclic amines) is 1. The molecule has 1 aliphatic carbocycles. The first kappa shape index (κ1) is 12.7. The third-order valence-electron chi connectivity index (χ3n) is 4.48. The molecule has 0 bridgehead atoms. The molecule has 19 heavy (non-hydrogen) atoms. The molecule has 3 rings (SSSR count). The Bertz CT molecular complexity index is 449. The number of aromatic nitrogens is 1. The smallest absolute Gasteiger partial charge is 0.226 e. The molecule has 2 aliphatic rings. The molecule has 0 unspecified atom stereocenters. The van der Waals surface area contributed by atoms with E-state index < -0.39 is 0 Å². The van der Waals surface area contributed by atoms with Crippen molar-refractivity contribution in [2.45, 2.75) is 57.9 Å². The van der Waals surface area contributed by atoms with Gasteiger partial charge < -0.3 is 9.42 Å². The Morgan fingerprint density at radius 2 is 2.00 bits per heavy atom. The van der Waals surface area contributed by atoms with E-state index in [0.717, 1.165) is 43.7 Å². The molecule has 1 aromatic rings. The Balaban J connectivity index is 1.78. The molecule has 2 heterocycles. The lowest BCUT2D eigenvalue weighted by Gasteiger charge is -2.36. The molecule has 1 saturated heterocycles. The highest BCUT2D eigenvalue weighted by molar-refractivity contribution is 5.79. The van der Waals surface area contributed by atoms with Crippen LogP contribution in [0.15, 0.2) is 10.6 Å². The molecule has 4 heteroatoms. The van der Waals surface area contributed by atoms with E-state index in [1.54, 1.807) is 0 Å². The van der Waals surface area contributed by atoms with E-state index in [1.807, 2.05) is 13.0 Å². The van der Waals surface area contributed by atoms with Gasteiger partial charge in [-0.2, -0.15) is 0 Å². The average Bonchev–Trinajstić information content (AvgIpc) is 3.09. The zero-order chi connectivity index (χ0) is 13.2. The van der Waals surface area contributed by atoms with Crippen molar-refractivity contribution in [3.8, 4) is 0 Å². The highest BCUT2D eigenvalue weighted by atomic mass is 16.5. The zero-order valence-electron chi connectivity index (χ0n) is 11.6. The molecular formula is C15H22N2O2. The first-order valence-electron chi connectivity index (χ1n) is 7.49. The summed E-state index contributed by atoms with van der Waals surface area (Å²) in [6.07, 6.45) is 7.86. The van der Waals surface area contributed by atoms with Crippen LogP contribution in [0.25, 0.3) is 0 Å². The van der Waals surface area contributed by atoms with Crippen LogP contribution in [0.4, 0.5) is 0 Å². The summed E-state index contributed by atoms with van der Waals surface area (Å²) in [6, 6.07) is 2.12. The second-order valence-corrected chi connectivity index (χ2v) is 5.89. The fourth-order valence-electron chi connectivity index (χ4n) is 3.45. The predicted molar refractivity (Wildman–Crippen MR) is 71.5 cm³/mol. The van der Waals surface area contributed by atoms with Gasteiger partial charge in [-0.05, 0) is 39.0 Å². The predicted octanol–water partition coefficient (Wildman–Crippen LogP) is 3.23. The lowest BCUT2D eigenvalue weighted by atomic mass is 9.96. The number of aryl methyl sites for hydroxylation is 1. The lowest BCUT2D eigenvalue weighted by Crippen LogP contribution is -2.41. The van der Waals surface area contributed by atoms with E-state index in [0.29, 0.717) is 5.91 Å². The highest BCUT2D eigenvalue weighted by Gasteiger charge is 2.34. The van der Waals surface area contributed by atoms with Crippen LogP contribution in [0, 0.1) is 12.8 Å². The number of rotatable bonds is 2. The number of carbonyl (C=O) groups is 1. The van der Waals surface area contributed by atoms with Crippen LogP contribution in [0.1, 0.15) is 62.4 Å². The molecule has 0 N–H and O–H groups in total. The molecule has 0 radical (unpaired) electrons. The number of piperidine rings is 1. The van der Waals surface area contributed by atoms with Crippen molar-refractivity contribution in [1.29, 1.82) is 0 Å². The summed E-state index contributed by atoms with van der Waals surface area (Å²) in [5.41, 5.74) is 0.934. The fourth-order valence-corrected chi connectivity index (χ4v) is 3.45. The third kappa shape index (κ3) is 2.53. The molecule has 2 fully saturated rings. The Morgan fingerprint density at radius 1 is 1.26 bits per heavy atom. The molecule has 1 saturated carbocycles. The van der Waals surface area contributed by atoms with E-state index in [9.17, 15) is 4.79 Å². The SMILES string of the molecule is Cc1cc([C@@H]2CCCCN2C(=O)C2CCCC2)no1. The fraction of sp³-hybridized carbons (Fsp3) is 0.733. The van der Waals surface area contributed by atoms with Crippen LogP contribution in [0.2, 0.25) is 0 Å². The van der Waals surface area contributed by atoms with Gasteiger partial charge in [0.15, 0.2) is 0 Å². The minimum atomic E-state index is 0.138. The van der Waals surface area contributed by atoms with Gasteiger partial charge in [0, 0.05) is 18.5 Å². The molecule has 0 aromatic carbocycles. The minimum Gasteiger partial charge on any atom is -0.361 e. The molecule has 1 atom stereocenters. The minimum absolute atomic E-state index is 0.138. The second-order valence-electron chi connectivity index (χ2n) is 5.89. The van der Waals surface area contributed by atoms with Crippen LogP contribution in [-0.2, 0) is 4.79 Å². The summed E-state index contributed by atoms with van der Waals surface area (Å²) in [5.74, 6) is 1.44. The molecular weight excluding hydrogens is 240 g/mol. The van der Waals surface area contributed by atoms with Gasteiger partial charge in [0.25, 0.3) is 0 Å². The largest absolute Gasteiger partial charge is 0.361 e. The highest BCUT2D eigenvalue weighted by Crippen LogP contribution is 2.35. The van der Waals surface area contributed by atoms with Crippen LogP contribution in [0.3, 0.4) is 0 Å². The van der Waals surface area contributed by atoms with Crippen molar-refractivity contribution in [2.24, 2.45) is 5.92 Å². The first-order chi connectivity index (χ1) is 9.25. The zero-order valence-corrected chi connectivity index (χ0v) is 11.6. The maximum Gasteiger partial charge on any atom is 0.226 e. The van der Waals surface area contributed by atoms with E-state index in [-0.39, 0.29) is 12.0 Å². The summed E-state index contributed by atoms with van der Waals surface area (Å²) >= 11 is 0. The van der Waals surface area contributed by atoms with Crippen molar-refractivity contribution >= 4 is 5.91 Å². The summed E-state index contributed by atoms with van der Waals surface area (Å²) in [4.78, 5) is 14.7. The summed E-state index contributed by atoms with van der Waals surface area (Å²) in [7, 11) is 0. The van der Waals surface area contributed by atoms with Crippen molar-refractivity contribution < 1.29 is 9.32 Å². The van der Waals surface area contributed by atoms with E-state index in [1.165, 1.54) is 19.3 Å². The third-order valence-corrected chi connectivity index (χ3v) is 4.48. The molecule has 104 valence electrons. The molecule has 1 aliphatic heterocycles. The van der Waals surface area contributed by atoms with Crippen LogP contribution >= 0.6 is 0 Å². The monoisotopic (exact) mass is 262 g/mol. The Morgan fingerprint density at radius 3 is 2.68 bits per heavy atom. The van der Waals surface area contributed by atoms with Gasteiger partial charge >= 0.3 is 0 Å². The summed E-state index contributed by atoms with van der Waals surface area (Å²) in [6.45, 7) is 2.79. The number of carbonyl (C=O) groups excluding carboxylic acids is 1. The second kappa shape index (κ2) is 5.35. The summed E-state index contributed by atoms with van der Waals surface area (Å²) < 4.78 is 5.18. The van der Waals surface area contributed by atoms with Gasteiger partial charge in [-0.25, -0.2) is 0 Å². The van der Waals surface area contributed by atoms with E-state index >= 15 is 0 Å². The maximum absolute atomic E-state index is 12.7. The van der Waals surface area contributed by atoms with Gasteiger partial charge in [0.1, 0.15) is 11.5 Å². The molecule has 4 nitrogen and oxygen atoms in total. The maximum atomic E-state index is 12.7. The van der Waals surface area contributed by atoms with Gasteiger partial charge in [-0.3, -0.25) is 4.79 Å². The Hall–Kier alpha value is -1.32. The normalized spacial score (nSPS) is 24.9. The molecule has 0 spiro atoms. The van der Waals surface area contributed by atoms with Crippen molar-refractivity contribution in [3.05, 3.63) is 17.5 Å². The molecule has 1 amide bonds. The standard InChI is InChI=1S/C15H22N2O2/c1-11-10-13(16-19-11)14-8-4-5-9-17(14)15(18)12-6-2-3-7-12/h10,12,14H,2-9H2,1H3/t14-/m0/s1. The van der Waals surface area contributed by atoms with Gasteiger partial charge in [0.2, 0.25) is 5.91 Å². The number of nitrogens with zero attached hydrogens (tertiary/aromatic N) is 2. The number of hydrogen-bond acceptors (Lipinski definition) is 3. The summed E-state index contributed by atoms with van der Waals surface area (Å²) in [5, 5.41) is 4.13.